The molecule has 4 aromatic carbocycles. The van der Waals surface area contributed by atoms with Crippen molar-refractivity contribution >= 4 is 33.7 Å². The van der Waals surface area contributed by atoms with Gasteiger partial charge in [-0.25, -0.2) is 0 Å². The Balaban J connectivity index is 1.41. The molecule has 0 radical (unpaired) electrons. The summed E-state index contributed by atoms with van der Waals surface area (Å²) in [5.74, 6) is 0. The molecule has 0 saturated carbocycles. The van der Waals surface area contributed by atoms with Crippen molar-refractivity contribution in [1.82, 2.24) is 9.97 Å². The number of aliphatic imine (C=N–C) groups is 2. The van der Waals surface area contributed by atoms with Crippen LogP contribution in [0.25, 0.3) is 22.3 Å². The van der Waals surface area contributed by atoms with E-state index in [4.69, 9.17) is 9.98 Å². The Labute approximate surface area is 278 Å². The first-order chi connectivity index (χ1) is 23.8. The van der Waals surface area contributed by atoms with Crippen LogP contribution >= 0.6 is 0 Å². The van der Waals surface area contributed by atoms with Gasteiger partial charge in [0.1, 0.15) is 0 Å². The summed E-state index contributed by atoms with van der Waals surface area (Å²) in [4.78, 5) is 18.5. The van der Waals surface area contributed by atoms with E-state index in [1.807, 2.05) is 0 Å². The summed E-state index contributed by atoms with van der Waals surface area (Å²) in [7, 11) is 0. The molecule has 2 N–H and O–H groups in total. The second kappa shape index (κ2) is 11.8. The maximum Gasteiger partial charge on any atom is 0.0967 e. The van der Waals surface area contributed by atoms with Crippen LogP contribution in [-0.4, -0.2) is 33.5 Å². The lowest BCUT2D eigenvalue weighted by atomic mass is 9.99. The minimum atomic E-state index is -0.172. The molecule has 2 atom stereocenters. The van der Waals surface area contributed by atoms with Crippen LogP contribution in [0.2, 0.25) is 0 Å². The lowest BCUT2D eigenvalue weighted by Gasteiger charge is -2.13. The van der Waals surface area contributed by atoms with Crippen molar-refractivity contribution in [2.45, 2.75) is 12.1 Å². The SMILES string of the molecule is C1=CC2N=C1C(c1ccccc1)=c1ccc([nH]1)=C(c1ccccc1)C1C=CC(=N1)C(c1ccccc1)=c1ccc([nH]1)=C2c1ccccc1. The summed E-state index contributed by atoms with van der Waals surface area (Å²) < 4.78 is 0. The highest BCUT2D eigenvalue weighted by molar-refractivity contribution is 6.30. The van der Waals surface area contributed by atoms with Gasteiger partial charge in [-0.05, 0) is 58.7 Å². The van der Waals surface area contributed by atoms with E-state index in [9.17, 15) is 0 Å². The van der Waals surface area contributed by atoms with Crippen LogP contribution in [0.3, 0.4) is 0 Å². The fourth-order valence-corrected chi connectivity index (χ4v) is 7.15. The Morgan fingerprint density at radius 3 is 1.06 bits per heavy atom. The van der Waals surface area contributed by atoms with Gasteiger partial charge in [-0.15, -0.1) is 0 Å². The van der Waals surface area contributed by atoms with Crippen molar-refractivity contribution in [3.63, 3.8) is 0 Å². The van der Waals surface area contributed by atoms with Gasteiger partial charge in [0.05, 0.1) is 23.5 Å². The molecular formula is C44H32N4. The number of H-pyrrole nitrogens is 2. The zero-order valence-corrected chi connectivity index (χ0v) is 26.2. The van der Waals surface area contributed by atoms with E-state index in [-0.39, 0.29) is 12.1 Å². The van der Waals surface area contributed by atoms with E-state index in [1.165, 1.54) is 0 Å². The summed E-state index contributed by atoms with van der Waals surface area (Å²) in [6.45, 7) is 0. The molecule has 6 aromatic rings. The van der Waals surface area contributed by atoms with Gasteiger partial charge in [-0.1, -0.05) is 133 Å². The molecule has 3 aliphatic rings. The number of rotatable bonds is 4. The van der Waals surface area contributed by atoms with E-state index < -0.39 is 0 Å². The lowest BCUT2D eigenvalue weighted by Crippen LogP contribution is -2.23. The van der Waals surface area contributed by atoms with Gasteiger partial charge in [-0.3, -0.25) is 9.98 Å². The quantitative estimate of drug-likeness (QED) is 0.259. The molecule has 0 amide bonds. The molecule has 4 heteroatoms. The van der Waals surface area contributed by atoms with E-state index in [2.05, 4.69) is 180 Å². The smallest absolute Gasteiger partial charge is 0.0967 e. The predicted octanol–water partition coefficient (Wildman–Crippen LogP) is 5.61. The summed E-state index contributed by atoms with van der Waals surface area (Å²) in [5, 5.41) is 4.12. The molecule has 8 bridgehead atoms. The van der Waals surface area contributed by atoms with Crippen LogP contribution in [0.1, 0.15) is 22.3 Å². The van der Waals surface area contributed by atoms with Crippen LogP contribution in [0.4, 0.5) is 0 Å². The fourth-order valence-electron chi connectivity index (χ4n) is 7.15. The fraction of sp³-hybridized carbons (Fsp3) is 0.0455. The zero-order chi connectivity index (χ0) is 31.9. The van der Waals surface area contributed by atoms with Gasteiger partial charge in [-0.2, -0.15) is 0 Å². The van der Waals surface area contributed by atoms with Gasteiger partial charge < -0.3 is 9.97 Å². The Morgan fingerprint density at radius 2 is 0.688 bits per heavy atom. The molecule has 2 aromatic heterocycles. The number of nitrogens with one attached hydrogen (secondary N) is 2. The highest BCUT2D eigenvalue weighted by Crippen LogP contribution is 2.28. The third-order valence-electron chi connectivity index (χ3n) is 9.32. The van der Waals surface area contributed by atoms with Gasteiger partial charge in [0.25, 0.3) is 0 Å². The first kappa shape index (κ1) is 28.0. The number of nitrogens with zero attached hydrogens (tertiary/aromatic N) is 2. The third kappa shape index (κ3) is 4.95. The van der Waals surface area contributed by atoms with Gasteiger partial charge in [0.15, 0.2) is 0 Å². The normalized spacial score (nSPS) is 18.3. The summed E-state index contributed by atoms with van der Waals surface area (Å²) in [6, 6.07) is 50.7. The standard InChI is InChI=1S/C44H32N4/c1-5-13-29(14-6-1)41-33-21-23-35(45-33)42(30-15-7-2-8-16-30)37-25-27-39(47-37)44(32-19-11-4-12-20-32)40-28-26-38(48-40)43(31-17-9-3-10-18-31)36-24-22-34(41)46-36/h1-28,33,40,46-47H. The monoisotopic (exact) mass is 616 g/mol. The van der Waals surface area contributed by atoms with E-state index in [1.54, 1.807) is 0 Å². The number of allylic oxidation sites excluding steroid dienone is 2. The summed E-state index contributed by atoms with van der Waals surface area (Å²) >= 11 is 0. The van der Waals surface area contributed by atoms with Crippen molar-refractivity contribution in [3.8, 4) is 0 Å². The molecule has 3 aliphatic heterocycles. The lowest BCUT2D eigenvalue weighted by molar-refractivity contribution is 1.04. The van der Waals surface area contributed by atoms with Crippen LogP contribution in [0.5, 0.6) is 0 Å². The highest BCUT2D eigenvalue weighted by atomic mass is 14.9. The molecular weight excluding hydrogens is 585 g/mol. The molecule has 0 saturated heterocycles. The van der Waals surface area contributed by atoms with E-state index in [0.29, 0.717) is 0 Å². The molecule has 5 heterocycles. The number of aromatic amines is 2. The average Bonchev–Trinajstić information content (AvgIpc) is 3.98. The first-order valence-corrected chi connectivity index (χ1v) is 16.4. The third-order valence-corrected chi connectivity index (χ3v) is 9.32. The maximum atomic E-state index is 5.44. The van der Waals surface area contributed by atoms with Gasteiger partial charge >= 0.3 is 0 Å². The largest absolute Gasteiger partial charge is 0.355 e. The van der Waals surface area contributed by atoms with Gasteiger partial charge in [0, 0.05) is 43.7 Å². The Morgan fingerprint density at radius 1 is 0.354 bits per heavy atom. The second-order valence-corrected chi connectivity index (χ2v) is 12.2. The van der Waals surface area contributed by atoms with Crippen molar-refractivity contribution < 1.29 is 0 Å². The van der Waals surface area contributed by atoms with Crippen molar-refractivity contribution in [3.05, 3.63) is 214 Å². The number of aromatic nitrogens is 2. The minimum absolute atomic E-state index is 0.172. The zero-order valence-electron chi connectivity index (χ0n) is 26.2. The number of benzene rings is 4. The maximum absolute atomic E-state index is 5.44. The van der Waals surface area contributed by atoms with Crippen molar-refractivity contribution in [2.75, 3.05) is 0 Å². The average molecular weight is 617 g/mol. The molecule has 9 rings (SSSR count). The predicted molar refractivity (Wildman–Crippen MR) is 197 cm³/mol. The first-order valence-electron chi connectivity index (χ1n) is 16.4. The second-order valence-electron chi connectivity index (χ2n) is 12.2. The van der Waals surface area contributed by atoms with Crippen LogP contribution in [0, 0.1) is 0 Å². The Hall–Kier alpha value is -6.26. The summed E-state index contributed by atoms with van der Waals surface area (Å²) in [6.07, 6.45) is 8.80. The Bertz CT molecular complexity index is 2350. The highest BCUT2D eigenvalue weighted by Gasteiger charge is 2.25. The molecule has 228 valence electrons. The van der Waals surface area contributed by atoms with Crippen LogP contribution in [-0.2, 0) is 0 Å². The topological polar surface area (TPSA) is 56.3 Å². The van der Waals surface area contributed by atoms with Crippen LogP contribution in [0.15, 0.2) is 180 Å². The van der Waals surface area contributed by atoms with Crippen LogP contribution < -0.4 is 21.4 Å². The molecule has 0 fully saturated rings. The number of hydrogen-bond acceptors (Lipinski definition) is 2. The summed E-state index contributed by atoms with van der Waals surface area (Å²) in [5.41, 5.74) is 10.8. The van der Waals surface area contributed by atoms with E-state index in [0.717, 1.165) is 77.4 Å². The Kier molecular flexibility index (Phi) is 6.90. The number of hydrogen-bond donors (Lipinski definition) is 2. The molecule has 0 spiro atoms. The van der Waals surface area contributed by atoms with E-state index >= 15 is 0 Å². The van der Waals surface area contributed by atoms with Gasteiger partial charge in [0.2, 0.25) is 0 Å². The number of fused-ring (bicyclic) bond motifs is 6. The molecule has 0 aliphatic carbocycles. The molecule has 48 heavy (non-hydrogen) atoms. The van der Waals surface area contributed by atoms with Crippen molar-refractivity contribution in [1.29, 1.82) is 0 Å². The minimum Gasteiger partial charge on any atom is -0.355 e. The molecule has 2 unspecified atom stereocenters. The van der Waals surface area contributed by atoms with Crippen molar-refractivity contribution in [2.24, 2.45) is 9.98 Å². The molecule has 4 nitrogen and oxygen atoms in total.